The van der Waals surface area contributed by atoms with E-state index in [9.17, 15) is 4.79 Å². The number of amides is 1. The number of carbonyl (C=O) groups is 1. The van der Waals surface area contributed by atoms with E-state index in [1.165, 1.54) is 6.39 Å². The van der Waals surface area contributed by atoms with Crippen molar-refractivity contribution in [3.05, 3.63) is 17.8 Å². The van der Waals surface area contributed by atoms with Crippen molar-refractivity contribution in [1.29, 1.82) is 0 Å². The van der Waals surface area contributed by atoms with Crippen LogP contribution < -0.4 is 5.32 Å². The van der Waals surface area contributed by atoms with Crippen molar-refractivity contribution in [2.24, 2.45) is 11.8 Å². The molecule has 3 rings (SSSR count). The van der Waals surface area contributed by atoms with Gasteiger partial charge in [-0.15, -0.1) is 0 Å². The Balaban J connectivity index is 1.68. The summed E-state index contributed by atoms with van der Waals surface area (Å²) in [5.41, 5.74) is 0.360. The molecule has 2 heterocycles. The van der Waals surface area contributed by atoms with E-state index in [4.69, 9.17) is 13.9 Å². The number of carbonyl (C=O) groups excluding carboxylic acids is 1. The Bertz CT molecular complexity index is 473. The molecule has 1 aromatic rings. The number of nitrogens with zero attached hydrogens (tertiary/aromatic N) is 1. The summed E-state index contributed by atoms with van der Waals surface area (Å²) in [6, 6.07) is 0.107. The van der Waals surface area contributed by atoms with Crippen LogP contribution in [0, 0.1) is 18.8 Å². The molecule has 0 aromatic carbocycles. The van der Waals surface area contributed by atoms with Gasteiger partial charge in [0.2, 0.25) is 0 Å². The van der Waals surface area contributed by atoms with Crippen LogP contribution in [0.25, 0.3) is 0 Å². The molecule has 104 valence electrons. The molecule has 0 spiro atoms. The fourth-order valence-corrected chi connectivity index (χ4v) is 3.18. The second-order valence-electron chi connectivity index (χ2n) is 5.16. The Morgan fingerprint density at radius 3 is 3.16 bits per heavy atom. The minimum Gasteiger partial charge on any atom is -0.448 e. The zero-order valence-corrected chi connectivity index (χ0v) is 11.1. The Labute approximate surface area is 111 Å². The van der Waals surface area contributed by atoms with Crippen molar-refractivity contribution >= 4 is 5.91 Å². The minimum absolute atomic E-state index is 0.107. The van der Waals surface area contributed by atoms with Crippen molar-refractivity contribution in [1.82, 2.24) is 10.3 Å². The van der Waals surface area contributed by atoms with Gasteiger partial charge in [-0.1, -0.05) is 0 Å². The van der Waals surface area contributed by atoms with Crippen molar-refractivity contribution in [2.75, 3.05) is 20.3 Å². The molecule has 1 aliphatic heterocycles. The van der Waals surface area contributed by atoms with Crippen molar-refractivity contribution in [2.45, 2.75) is 25.5 Å². The lowest BCUT2D eigenvalue weighted by Gasteiger charge is -2.47. The summed E-state index contributed by atoms with van der Waals surface area (Å²) in [6.07, 6.45) is 2.51. The van der Waals surface area contributed by atoms with Crippen molar-refractivity contribution in [3.63, 3.8) is 0 Å². The molecule has 4 atom stereocenters. The van der Waals surface area contributed by atoms with Crippen LogP contribution in [0.4, 0.5) is 0 Å². The maximum absolute atomic E-state index is 12.2. The first kappa shape index (κ1) is 12.6. The molecule has 1 saturated heterocycles. The number of methoxy groups -OCH3 is 1. The predicted molar refractivity (Wildman–Crippen MR) is 65.7 cm³/mol. The third kappa shape index (κ3) is 2.04. The molecule has 19 heavy (non-hydrogen) atoms. The third-order valence-electron chi connectivity index (χ3n) is 4.14. The van der Waals surface area contributed by atoms with Gasteiger partial charge in [-0.25, -0.2) is 4.98 Å². The number of nitrogens with one attached hydrogen (secondary N) is 1. The average Bonchev–Trinajstić information content (AvgIpc) is 2.99. The summed E-state index contributed by atoms with van der Waals surface area (Å²) < 4.78 is 16.0. The SMILES string of the molecule is COC[C@@H]1[C@H](NC(=O)c2ncoc2C)[C@@H]2CCO[C@H]12. The second-order valence-corrected chi connectivity index (χ2v) is 5.16. The van der Waals surface area contributed by atoms with Crippen LogP contribution in [-0.2, 0) is 9.47 Å². The number of ether oxygens (including phenoxy) is 2. The first-order valence-corrected chi connectivity index (χ1v) is 6.54. The Hall–Kier alpha value is -1.40. The number of oxazole rings is 1. The van der Waals surface area contributed by atoms with E-state index in [0.29, 0.717) is 24.0 Å². The van der Waals surface area contributed by atoms with Crippen LogP contribution in [-0.4, -0.2) is 43.4 Å². The zero-order chi connectivity index (χ0) is 13.4. The largest absolute Gasteiger partial charge is 0.448 e. The lowest BCUT2D eigenvalue weighted by atomic mass is 9.67. The van der Waals surface area contributed by atoms with Crippen LogP contribution in [0.3, 0.4) is 0 Å². The van der Waals surface area contributed by atoms with Gasteiger partial charge in [-0.05, 0) is 13.3 Å². The predicted octanol–water partition coefficient (Wildman–Crippen LogP) is 0.763. The van der Waals surface area contributed by atoms with Crippen LogP contribution in [0.1, 0.15) is 22.7 Å². The monoisotopic (exact) mass is 266 g/mol. The van der Waals surface area contributed by atoms with Crippen LogP contribution in [0.5, 0.6) is 0 Å². The smallest absolute Gasteiger partial charge is 0.273 e. The molecule has 2 aliphatic rings. The number of fused-ring (bicyclic) bond motifs is 1. The summed E-state index contributed by atoms with van der Waals surface area (Å²) in [6.45, 7) is 3.10. The molecule has 6 nitrogen and oxygen atoms in total. The van der Waals surface area contributed by atoms with Gasteiger partial charge in [0.15, 0.2) is 12.1 Å². The van der Waals surface area contributed by atoms with E-state index in [0.717, 1.165) is 13.0 Å². The van der Waals surface area contributed by atoms with Crippen LogP contribution >= 0.6 is 0 Å². The summed E-state index contributed by atoms with van der Waals surface area (Å²) in [5, 5.41) is 3.04. The lowest BCUT2D eigenvalue weighted by molar-refractivity contribution is -0.0810. The van der Waals surface area contributed by atoms with Gasteiger partial charge in [0.1, 0.15) is 5.76 Å². The van der Waals surface area contributed by atoms with E-state index in [2.05, 4.69) is 10.3 Å². The van der Waals surface area contributed by atoms with E-state index in [1.807, 2.05) is 0 Å². The molecule has 2 fully saturated rings. The van der Waals surface area contributed by atoms with Crippen molar-refractivity contribution < 1.29 is 18.7 Å². The number of hydrogen-bond acceptors (Lipinski definition) is 5. The fourth-order valence-electron chi connectivity index (χ4n) is 3.18. The molecular weight excluding hydrogens is 248 g/mol. The standard InChI is InChI=1S/C13H18N2O4/c1-7-10(14-6-19-7)13(16)15-11-8-3-4-18-12(8)9(11)5-17-2/h6,8-9,11-12H,3-5H2,1-2H3,(H,15,16)/t8-,9+,11+,12-/m0/s1. The molecule has 1 aliphatic carbocycles. The lowest BCUT2D eigenvalue weighted by Crippen LogP contribution is -2.62. The van der Waals surface area contributed by atoms with E-state index in [1.54, 1.807) is 14.0 Å². The summed E-state index contributed by atoms with van der Waals surface area (Å²) >= 11 is 0. The normalized spacial score (nSPS) is 32.7. The first-order chi connectivity index (χ1) is 9.22. The van der Waals surface area contributed by atoms with E-state index >= 15 is 0 Å². The quantitative estimate of drug-likeness (QED) is 0.871. The van der Waals surface area contributed by atoms with Gasteiger partial charge in [0.25, 0.3) is 5.91 Å². The van der Waals surface area contributed by atoms with Gasteiger partial charge in [-0.3, -0.25) is 4.79 Å². The average molecular weight is 266 g/mol. The number of hydrogen-bond donors (Lipinski definition) is 1. The molecule has 0 unspecified atom stereocenters. The van der Waals surface area contributed by atoms with E-state index in [-0.39, 0.29) is 24.0 Å². The van der Waals surface area contributed by atoms with Crippen LogP contribution in [0.2, 0.25) is 0 Å². The van der Waals surface area contributed by atoms with Gasteiger partial charge in [0.05, 0.1) is 12.7 Å². The molecule has 1 saturated carbocycles. The van der Waals surface area contributed by atoms with Gasteiger partial charge >= 0.3 is 0 Å². The molecule has 1 aromatic heterocycles. The summed E-state index contributed by atoms with van der Waals surface area (Å²) in [4.78, 5) is 16.1. The maximum atomic E-state index is 12.2. The Kier molecular flexibility index (Phi) is 3.28. The highest BCUT2D eigenvalue weighted by Crippen LogP contribution is 2.43. The third-order valence-corrected chi connectivity index (χ3v) is 4.14. The molecule has 6 heteroatoms. The van der Waals surface area contributed by atoms with Gasteiger partial charge < -0.3 is 19.2 Å². The van der Waals surface area contributed by atoms with E-state index < -0.39 is 0 Å². The van der Waals surface area contributed by atoms with Crippen molar-refractivity contribution in [3.8, 4) is 0 Å². The minimum atomic E-state index is -0.178. The number of aryl methyl sites for hydroxylation is 1. The van der Waals surface area contributed by atoms with Gasteiger partial charge in [0, 0.05) is 31.6 Å². The Morgan fingerprint density at radius 1 is 1.63 bits per heavy atom. The highest BCUT2D eigenvalue weighted by Gasteiger charge is 2.54. The zero-order valence-electron chi connectivity index (χ0n) is 11.1. The molecule has 0 radical (unpaired) electrons. The maximum Gasteiger partial charge on any atom is 0.273 e. The molecule has 1 amide bonds. The first-order valence-electron chi connectivity index (χ1n) is 6.54. The Morgan fingerprint density at radius 2 is 2.47 bits per heavy atom. The number of rotatable bonds is 4. The number of aromatic nitrogens is 1. The molecular formula is C13H18N2O4. The fraction of sp³-hybridized carbons (Fsp3) is 0.692. The van der Waals surface area contributed by atoms with Gasteiger partial charge in [-0.2, -0.15) is 0 Å². The summed E-state index contributed by atoms with van der Waals surface area (Å²) in [7, 11) is 1.67. The highest BCUT2D eigenvalue weighted by atomic mass is 16.5. The van der Waals surface area contributed by atoms with Crippen LogP contribution in [0.15, 0.2) is 10.8 Å². The second kappa shape index (κ2) is 4.94. The highest BCUT2D eigenvalue weighted by molar-refractivity contribution is 5.93. The summed E-state index contributed by atoms with van der Waals surface area (Å²) in [5.74, 6) is 0.993. The molecule has 1 N–H and O–H groups in total. The molecule has 0 bridgehead atoms. The topological polar surface area (TPSA) is 73.6 Å².